The zero-order valence-electron chi connectivity index (χ0n) is 18.3. The highest BCUT2D eigenvalue weighted by Crippen LogP contribution is 2.29. The van der Waals surface area contributed by atoms with Crippen molar-refractivity contribution in [2.24, 2.45) is 11.7 Å². The van der Waals surface area contributed by atoms with Crippen LogP contribution < -0.4 is 11.1 Å². The molecule has 0 bridgehead atoms. The van der Waals surface area contributed by atoms with E-state index >= 15 is 0 Å². The van der Waals surface area contributed by atoms with Gasteiger partial charge in [0.05, 0.1) is 23.1 Å². The van der Waals surface area contributed by atoms with E-state index in [2.05, 4.69) is 10.2 Å². The average Bonchev–Trinajstić information content (AvgIpc) is 2.82. The predicted octanol–water partition coefficient (Wildman–Crippen LogP) is 3.15. The molecule has 3 N–H and O–H groups in total. The standard InChI is InChI=1S/C23H25F3N4O4/c24-23(25,26)18-3-1-2-17(12-18)22(32)28-13-20(31)21(27)16-8-10-29(11-9-16)14-15-4-6-19(7-5-15)30(33)34/h1-7,12,16,21H,8-11,13-14,27H2,(H,28,32). The Morgan fingerprint density at radius 3 is 2.38 bits per heavy atom. The SMILES string of the molecule is NC(C(=O)CNC(=O)c1cccc(C(F)(F)F)c1)C1CCN(Cc2ccc([N+](=O)[O-])cc2)CC1. The summed E-state index contributed by atoms with van der Waals surface area (Å²) in [6.07, 6.45) is -3.23. The number of hydrogen-bond acceptors (Lipinski definition) is 6. The Morgan fingerprint density at radius 2 is 1.79 bits per heavy atom. The number of non-ortho nitro benzene ring substituents is 1. The molecule has 1 unspecified atom stereocenters. The van der Waals surface area contributed by atoms with Crippen LogP contribution in [0.2, 0.25) is 0 Å². The molecule has 2 aromatic rings. The molecular weight excluding hydrogens is 453 g/mol. The lowest BCUT2D eigenvalue weighted by Crippen LogP contribution is -2.47. The number of hydrogen-bond donors (Lipinski definition) is 2. The van der Waals surface area contributed by atoms with Gasteiger partial charge < -0.3 is 11.1 Å². The lowest BCUT2D eigenvalue weighted by Gasteiger charge is -2.34. The molecule has 1 fully saturated rings. The van der Waals surface area contributed by atoms with Crippen LogP contribution in [-0.2, 0) is 17.5 Å². The zero-order valence-corrected chi connectivity index (χ0v) is 18.3. The largest absolute Gasteiger partial charge is 0.416 e. The number of carbonyl (C=O) groups is 2. The fraction of sp³-hybridized carbons (Fsp3) is 0.391. The van der Waals surface area contributed by atoms with E-state index in [-0.39, 0.29) is 29.5 Å². The van der Waals surface area contributed by atoms with Gasteiger partial charge in [-0.1, -0.05) is 18.2 Å². The van der Waals surface area contributed by atoms with E-state index in [1.54, 1.807) is 12.1 Å². The predicted molar refractivity (Wildman–Crippen MR) is 118 cm³/mol. The number of nitro benzene ring substituents is 1. The number of ketones is 1. The van der Waals surface area contributed by atoms with Gasteiger partial charge in [-0.2, -0.15) is 13.2 Å². The van der Waals surface area contributed by atoms with Crippen molar-refractivity contribution in [3.8, 4) is 0 Å². The Hall–Kier alpha value is -3.31. The molecule has 34 heavy (non-hydrogen) atoms. The summed E-state index contributed by atoms with van der Waals surface area (Å²) >= 11 is 0. The molecule has 0 aliphatic carbocycles. The molecule has 8 nitrogen and oxygen atoms in total. The highest BCUT2D eigenvalue weighted by Gasteiger charge is 2.31. The highest BCUT2D eigenvalue weighted by molar-refractivity contribution is 5.97. The number of alkyl halides is 3. The van der Waals surface area contributed by atoms with E-state index < -0.39 is 28.6 Å². The van der Waals surface area contributed by atoms with Crippen molar-refractivity contribution in [1.82, 2.24) is 10.2 Å². The van der Waals surface area contributed by atoms with E-state index in [4.69, 9.17) is 5.73 Å². The second-order valence-corrected chi connectivity index (χ2v) is 8.29. The van der Waals surface area contributed by atoms with Gasteiger partial charge in [0.2, 0.25) is 0 Å². The van der Waals surface area contributed by atoms with E-state index in [9.17, 15) is 32.9 Å². The normalized spacial score (nSPS) is 16.1. The van der Waals surface area contributed by atoms with Crippen LogP contribution >= 0.6 is 0 Å². The van der Waals surface area contributed by atoms with Crippen molar-refractivity contribution in [3.05, 3.63) is 75.3 Å². The van der Waals surface area contributed by atoms with Gasteiger partial charge in [0, 0.05) is 24.2 Å². The fourth-order valence-electron chi connectivity index (χ4n) is 3.94. The minimum atomic E-state index is -4.57. The maximum absolute atomic E-state index is 12.8. The topological polar surface area (TPSA) is 119 Å². The van der Waals surface area contributed by atoms with Crippen molar-refractivity contribution in [1.29, 1.82) is 0 Å². The van der Waals surface area contributed by atoms with Gasteiger partial charge >= 0.3 is 6.18 Å². The molecule has 0 radical (unpaired) electrons. The second kappa shape index (κ2) is 10.7. The van der Waals surface area contributed by atoms with Gasteiger partial charge in [-0.15, -0.1) is 0 Å². The van der Waals surface area contributed by atoms with Gasteiger partial charge in [-0.05, 0) is 55.6 Å². The lowest BCUT2D eigenvalue weighted by molar-refractivity contribution is -0.384. The number of Topliss-reactive ketones (excluding diaryl/α,β-unsaturated/α-hetero) is 1. The number of nitro groups is 1. The zero-order chi connectivity index (χ0) is 24.9. The third-order valence-electron chi connectivity index (χ3n) is 5.94. The number of rotatable bonds is 8. The van der Waals surface area contributed by atoms with Gasteiger partial charge in [-0.3, -0.25) is 24.6 Å². The first-order valence-electron chi connectivity index (χ1n) is 10.7. The van der Waals surface area contributed by atoms with Crippen molar-refractivity contribution < 1.29 is 27.7 Å². The van der Waals surface area contributed by atoms with Crippen LogP contribution in [0.25, 0.3) is 0 Å². The van der Waals surface area contributed by atoms with Gasteiger partial charge in [-0.25, -0.2) is 0 Å². The quantitative estimate of drug-likeness (QED) is 0.445. The molecular formula is C23H25F3N4O4. The van der Waals surface area contributed by atoms with E-state index in [1.807, 2.05) is 0 Å². The molecule has 3 rings (SSSR count). The summed E-state index contributed by atoms with van der Waals surface area (Å²) in [5, 5.41) is 13.1. The Kier molecular flexibility index (Phi) is 8.00. The highest BCUT2D eigenvalue weighted by atomic mass is 19.4. The minimum Gasteiger partial charge on any atom is -0.345 e. The summed E-state index contributed by atoms with van der Waals surface area (Å²) in [5.41, 5.74) is 5.96. The summed E-state index contributed by atoms with van der Waals surface area (Å²) in [6.45, 7) is 1.65. The third kappa shape index (κ3) is 6.61. The fourth-order valence-corrected chi connectivity index (χ4v) is 3.94. The molecule has 0 spiro atoms. The maximum Gasteiger partial charge on any atom is 0.416 e. The number of likely N-dealkylation sites (tertiary alicyclic amines) is 1. The molecule has 2 aromatic carbocycles. The molecule has 1 atom stereocenters. The Bertz CT molecular complexity index is 1040. The van der Waals surface area contributed by atoms with Crippen LogP contribution in [0, 0.1) is 16.0 Å². The molecule has 1 saturated heterocycles. The van der Waals surface area contributed by atoms with Crippen molar-refractivity contribution in [2.45, 2.75) is 31.6 Å². The molecule has 1 aliphatic heterocycles. The van der Waals surface area contributed by atoms with Crippen LogP contribution in [-0.4, -0.2) is 47.2 Å². The van der Waals surface area contributed by atoms with Crippen LogP contribution in [0.5, 0.6) is 0 Å². The van der Waals surface area contributed by atoms with Crippen molar-refractivity contribution in [3.63, 3.8) is 0 Å². The number of benzene rings is 2. The second-order valence-electron chi connectivity index (χ2n) is 8.29. The first kappa shape index (κ1) is 25.3. The van der Waals surface area contributed by atoms with Crippen molar-refractivity contribution in [2.75, 3.05) is 19.6 Å². The average molecular weight is 478 g/mol. The van der Waals surface area contributed by atoms with Gasteiger partial charge in [0.15, 0.2) is 5.78 Å². The molecule has 0 aromatic heterocycles. The lowest BCUT2D eigenvalue weighted by atomic mass is 9.87. The van der Waals surface area contributed by atoms with Crippen LogP contribution in [0.3, 0.4) is 0 Å². The summed E-state index contributed by atoms with van der Waals surface area (Å²) in [6, 6.07) is 9.55. The summed E-state index contributed by atoms with van der Waals surface area (Å²) in [4.78, 5) is 37.1. The summed E-state index contributed by atoms with van der Waals surface area (Å²) in [5.74, 6) is -1.23. The number of nitrogens with one attached hydrogen (secondary N) is 1. The van der Waals surface area contributed by atoms with Crippen LogP contribution in [0.4, 0.5) is 18.9 Å². The van der Waals surface area contributed by atoms with Crippen molar-refractivity contribution >= 4 is 17.4 Å². The molecule has 11 heteroatoms. The summed E-state index contributed by atoms with van der Waals surface area (Å²) in [7, 11) is 0. The molecule has 1 amide bonds. The molecule has 1 aliphatic rings. The smallest absolute Gasteiger partial charge is 0.345 e. The van der Waals surface area contributed by atoms with Gasteiger partial charge in [0.25, 0.3) is 11.6 Å². The number of halogens is 3. The van der Waals surface area contributed by atoms with Crippen LogP contribution in [0.1, 0.15) is 34.3 Å². The van der Waals surface area contributed by atoms with E-state index in [0.717, 1.165) is 23.8 Å². The first-order valence-corrected chi connectivity index (χ1v) is 10.7. The summed E-state index contributed by atoms with van der Waals surface area (Å²) < 4.78 is 38.5. The maximum atomic E-state index is 12.8. The number of amides is 1. The van der Waals surface area contributed by atoms with Gasteiger partial charge in [0.1, 0.15) is 0 Å². The first-order chi connectivity index (χ1) is 16.0. The number of carbonyl (C=O) groups excluding carboxylic acids is 2. The Labute approximate surface area is 194 Å². The van der Waals surface area contributed by atoms with Crippen LogP contribution in [0.15, 0.2) is 48.5 Å². The minimum absolute atomic E-state index is 0.0343. The molecule has 182 valence electrons. The Balaban J connectivity index is 1.45. The number of nitrogens with two attached hydrogens (primary N) is 1. The number of nitrogens with zero attached hydrogens (tertiary/aromatic N) is 2. The number of piperidine rings is 1. The molecule has 0 saturated carbocycles. The van der Waals surface area contributed by atoms with E-state index in [1.165, 1.54) is 18.2 Å². The molecule has 1 heterocycles. The third-order valence-corrected chi connectivity index (χ3v) is 5.94. The monoisotopic (exact) mass is 478 g/mol. The van der Waals surface area contributed by atoms with E-state index in [0.29, 0.717) is 32.5 Å². The Morgan fingerprint density at radius 1 is 1.15 bits per heavy atom.